The Morgan fingerprint density at radius 3 is 2.40 bits per heavy atom. The zero-order valence-electron chi connectivity index (χ0n) is 22.2. The number of para-hydroxylation sites is 1. The van der Waals surface area contributed by atoms with Gasteiger partial charge in [0.15, 0.2) is 0 Å². The molecule has 3 aromatic carbocycles. The second-order valence-electron chi connectivity index (χ2n) is 10.8. The monoisotopic (exact) mass is 534 g/mol. The number of anilines is 1. The Hall–Kier alpha value is -4.59. The number of imide groups is 1. The molecule has 8 nitrogen and oxygen atoms in total. The highest BCUT2D eigenvalue weighted by Crippen LogP contribution is 2.45. The summed E-state index contributed by atoms with van der Waals surface area (Å²) in [5, 5.41) is 4.15. The van der Waals surface area contributed by atoms with Crippen LogP contribution in [0.1, 0.15) is 58.9 Å². The summed E-state index contributed by atoms with van der Waals surface area (Å²) >= 11 is 0. The van der Waals surface area contributed by atoms with Crippen molar-refractivity contribution in [3.8, 4) is 5.75 Å². The van der Waals surface area contributed by atoms with E-state index in [9.17, 15) is 14.4 Å². The highest BCUT2D eigenvalue weighted by atomic mass is 16.5. The third-order valence-electron chi connectivity index (χ3n) is 8.56. The van der Waals surface area contributed by atoms with Crippen molar-refractivity contribution in [2.45, 2.75) is 50.2 Å². The molecule has 1 aromatic heterocycles. The van der Waals surface area contributed by atoms with Crippen molar-refractivity contribution >= 4 is 34.4 Å². The zero-order chi connectivity index (χ0) is 27.4. The fourth-order valence-electron chi connectivity index (χ4n) is 6.55. The Morgan fingerprint density at radius 1 is 0.950 bits per heavy atom. The molecule has 0 bridgehead atoms. The molecule has 2 atom stereocenters. The molecule has 0 radical (unpaired) electrons. The van der Waals surface area contributed by atoms with Crippen molar-refractivity contribution in [3.63, 3.8) is 0 Å². The van der Waals surface area contributed by atoms with E-state index in [1.54, 1.807) is 36.3 Å². The van der Waals surface area contributed by atoms with Gasteiger partial charge in [0.25, 0.3) is 11.8 Å². The summed E-state index contributed by atoms with van der Waals surface area (Å²) in [7, 11) is 1.62. The number of hydrogen-bond donors (Lipinski definition) is 2. The van der Waals surface area contributed by atoms with E-state index in [0.29, 0.717) is 17.7 Å². The van der Waals surface area contributed by atoms with Crippen LogP contribution in [0.4, 0.5) is 10.5 Å². The minimum Gasteiger partial charge on any atom is -0.497 e. The van der Waals surface area contributed by atoms with E-state index >= 15 is 0 Å². The van der Waals surface area contributed by atoms with E-state index in [-0.39, 0.29) is 23.9 Å². The predicted octanol–water partition coefficient (Wildman–Crippen LogP) is 5.33. The van der Waals surface area contributed by atoms with E-state index in [1.807, 2.05) is 42.5 Å². The molecule has 8 heteroatoms. The molecule has 202 valence electrons. The summed E-state index contributed by atoms with van der Waals surface area (Å²) < 4.78 is 5.36. The summed E-state index contributed by atoms with van der Waals surface area (Å²) in [6, 6.07) is 21.2. The molecule has 2 fully saturated rings. The number of aromatic amines is 1. The summed E-state index contributed by atoms with van der Waals surface area (Å²) in [5.74, 6) is 0.331. The average Bonchev–Trinajstić information content (AvgIpc) is 3.69. The van der Waals surface area contributed by atoms with Gasteiger partial charge in [-0.05, 0) is 66.4 Å². The number of carbonyl (C=O) groups excluding carboxylic acids is 3. The van der Waals surface area contributed by atoms with Gasteiger partial charge in [0.05, 0.1) is 12.8 Å². The first-order valence-corrected chi connectivity index (χ1v) is 13.8. The zero-order valence-corrected chi connectivity index (χ0v) is 22.2. The van der Waals surface area contributed by atoms with E-state index < -0.39 is 12.1 Å². The van der Waals surface area contributed by atoms with Crippen LogP contribution in [-0.4, -0.2) is 46.9 Å². The predicted molar refractivity (Wildman–Crippen MR) is 152 cm³/mol. The summed E-state index contributed by atoms with van der Waals surface area (Å²) in [5.41, 5.74) is 4.83. The SMILES string of the molecule is COc1ccc(C2c3[nH]c4ccccc4c3CC3C(=O)N(c4ccc(C(=O)NC5CCCC5)cc4)C(=O)N32)cc1. The highest BCUT2D eigenvalue weighted by molar-refractivity contribution is 6.22. The lowest BCUT2D eigenvalue weighted by Crippen LogP contribution is -2.44. The van der Waals surface area contributed by atoms with Crippen LogP contribution in [0.5, 0.6) is 5.75 Å². The lowest BCUT2D eigenvalue weighted by Gasteiger charge is -2.36. The van der Waals surface area contributed by atoms with Gasteiger partial charge in [0, 0.05) is 34.6 Å². The third-order valence-corrected chi connectivity index (χ3v) is 8.56. The van der Waals surface area contributed by atoms with Crippen LogP contribution in [-0.2, 0) is 11.2 Å². The first-order valence-electron chi connectivity index (χ1n) is 13.8. The largest absolute Gasteiger partial charge is 0.497 e. The fourth-order valence-corrected chi connectivity index (χ4v) is 6.55. The maximum Gasteiger partial charge on any atom is 0.332 e. The normalized spacial score (nSPS) is 20.6. The van der Waals surface area contributed by atoms with E-state index in [4.69, 9.17) is 4.74 Å². The van der Waals surface area contributed by atoms with Crippen LogP contribution in [0.15, 0.2) is 72.8 Å². The maximum absolute atomic E-state index is 14.0. The van der Waals surface area contributed by atoms with Gasteiger partial charge in [-0.2, -0.15) is 0 Å². The van der Waals surface area contributed by atoms with Gasteiger partial charge >= 0.3 is 6.03 Å². The van der Waals surface area contributed by atoms with Gasteiger partial charge in [0.1, 0.15) is 17.8 Å². The number of benzene rings is 3. The van der Waals surface area contributed by atoms with E-state index in [2.05, 4.69) is 16.4 Å². The lowest BCUT2D eigenvalue weighted by atomic mass is 9.89. The van der Waals surface area contributed by atoms with E-state index in [1.165, 1.54) is 4.90 Å². The lowest BCUT2D eigenvalue weighted by molar-refractivity contribution is -0.120. The number of rotatable bonds is 5. The molecule has 2 N–H and O–H groups in total. The number of aromatic nitrogens is 1. The number of H-pyrrole nitrogens is 1. The van der Waals surface area contributed by atoms with Crippen molar-refractivity contribution < 1.29 is 19.1 Å². The quantitative estimate of drug-likeness (QED) is 0.338. The fraction of sp³-hybridized carbons (Fsp3) is 0.281. The van der Waals surface area contributed by atoms with Crippen LogP contribution >= 0.6 is 0 Å². The Morgan fingerprint density at radius 2 is 1.68 bits per heavy atom. The number of ether oxygens (including phenoxy) is 1. The van der Waals surface area contributed by atoms with Gasteiger partial charge in [-0.3, -0.25) is 14.5 Å². The minimum atomic E-state index is -0.642. The first-order chi connectivity index (χ1) is 19.5. The number of hydrogen-bond acceptors (Lipinski definition) is 4. The topological polar surface area (TPSA) is 94.7 Å². The first kappa shape index (κ1) is 24.5. The standard InChI is InChI=1S/C32H30N4O4/c1-40-23-16-12-19(13-17-23)29-28-25(24-8-4-5-9-26(24)34-28)18-27-31(38)35(32(39)36(27)29)22-14-10-20(11-15-22)30(37)33-21-6-2-3-7-21/h4-5,8-17,21,27,29,34H,2-3,6-7,18H2,1H3,(H,33,37). The van der Waals surface area contributed by atoms with Gasteiger partial charge in [-0.1, -0.05) is 43.2 Å². The maximum atomic E-state index is 14.0. The Labute approximate surface area is 231 Å². The highest BCUT2D eigenvalue weighted by Gasteiger charge is 2.53. The Kier molecular flexibility index (Phi) is 5.84. The van der Waals surface area contributed by atoms with Crippen molar-refractivity contribution in [1.29, 1.82) is 0 Å². The molecule has 2 unspecified atom stereocenters. The van der Waals surface area contributed by atoms with Gasteiger partial charge in [-0.25, -0.2) is 9.69 Å². The van der Waals surface area contributed by atoms with Crippen molar-refractivity contribution in [1.82, 2.24) is 15.2 Å². The van der Waals surface area contributed by atoms with Crippen LogP contribution in [0, 0.1) is 0 Å². The number of methoxy groups -OCH3 is 1. The molecule has 1 saturated heterocycles. The summed E-state index contributed by atoms with van der Waals surface area (Å²) in [4.78, 5) is 47.2. The van der Waals surface area contributed by atoms with E-state index in [0.717, 1.165) is 59.2 Å². The second kappa shape index (κ2) is 9.55. The molecule has 1 saturated carbocycles. The van der Waals surface area contributed by atoms with Crippen LogP contribution < -0.4 is 15.0 Å². The molecule has 4 aromatic rings. The molecule has 0 spiro atoms. The number of fused-ring (bicyclic) bond motifs is 4. The van der Waals surface area contributed by atoms with Crippen molar-refractivity contribution in [2.24, 2.45) is 0 Å². The van der Waals surface area contributed by atoms with Crippen molar-refractivity contribution in [3.05, 3.63) is 95.2 Å². The van der Waals surface area contributed by atoms with Crippen LogP contribution in [0.25, 0.3) is 10.9 Å². The Bertz CT molecular complexity index is 1620. The number of nitrogens with zero attached hydrogens (tertiary/aromatic N) is 2. The number of nitrogens with one attached hydrogen (secondary N) is 2. The second-order valence-corrected chi connectivity index (χ2v) is 10.8. The summed E-state index contributed by atoms with van der Waals surface area (Å²) in [6.45, 7) is 0. The molecule has 1 aliphatic carbocycles. The number of carbonyl (C=O) groups is 3. The molecule has 7 rings (SSSR count). The summed E-state index contributed by atoms with van der Waals surface area (Å²) in [6.07, 6.45) is 4.71. The Balaban J connectivity index is 1.24. The van der Waals surface area contributed by atoms with Crippen LogP contribution in [0.3, 0.4) is 0 Å². The van der Waals surface area contributed by atoms with Gasteiger partial charge in [0.2, 0.25) is 0 Å². The van der Waals surface area contributed by atoms with Gasteiger partial charge in [-0.15, -0.1) is 0 Å². The molecular weight excluding hydrogens is 504 g/mol. The third kappa shape index (κ3) is 3.86. The molecule has 3 aliphatic rings. The molecule has 3 heterocycles. The molecule has 40 heavy (non-hydrogen) atoms. The minimum absolute atomic E-state index is 0.125. The average molecular weight is 535 g/mol. The molecule has 2 aliphatic heterocycles. The van der Waals surface area contributed by atoms with Crippen LogP contribution in [0.2, 0.25) is 0 Å². The smallest absolute Gasteiger partial charge is 0.332 e. The van der Waals surface area contributed by atoms with Gasteiger partial charge < -0.3 is 15.0 Å². The number of amides is 4. The number of urea groups is 1. The van der Waals surface area contributed by atoms with Crippen molar-refractivity contribution in [2.75, 3.05) is 12.0 Å². The molecule has 4 amide bonds. The molecular formula is C32H30N4O4.